The van der Waals surface area contributed by atoms with Gasteiger partial charge in [-0.15, -0.1) is 0 Å². The van der Waals surface area contributed by atoms with Crippen molar-refractivity contribution < 1.29 is 13.9 Å². The third-order valence-electron chi connectivity index (χ3n) is 4.41. The third kappa shape index (κ3) is 3.59. The number of hydrogen-bond acceptors (Lipinski definition) is 3. The minimum Gasteiger partial charge on any atom is -0.457 e. The van der Waals surface area contributed by atoms with Gasteiger partial charge in [0.25, 0.3) is 0 Å². The maximum Gasteiger partial charge on any atom is 0.339 e. The number of rotatable bonds is 4. The summed E-state index contributed by atoms with van der Waals surface area (Å²) in [6, 6.07) is 23.0. The van der Waals surface area contributed by atoms with Crippen LogP contribution >= 0.6 is 11.6 Å². The Morgan fingerprint density at radius 3 is 2.50 bits per heavy atom. The molecule has 1 heterocycles. The molecule has 0 N–H and O–H groups in total. The van der Waals surface area contributed by atoms with Crippen molar-refractivity contribution in [3.05, 3.63) is 101 Å². The number of nitrogens with zero attached hydrogens (tertiary/aromatic N) is 1. The molecule has 28 heavy (non-hydrogen) atoms. The number of ether oxygens (including phenoxy) is 1. The molecule has 0 aliphatic carbocycles. The van der Waals surface area contributed by atoms with Crippen molar-refractivity contribution in [2.45, 2.75) is 6.61 Å². The van der Waals surface area contributed by atoms with Crippen molar-refractivity contribution in [1.29, 1.82) is 0 Å². The van der Waals surface area contributed by atoms with E-state index in [1.165, 1.54) is 12.1 Å². The molecule has 138 valence electrons. The topological polar surface area (TPSA) is 39.2 Å². The van der Waals surface area contributed by atoms with E-state index in [2.05, 4.69) is 4.98 Å². The molecule has 0 bridgehead atoms. The monoisotopic (exact) mass is 391 g/mol. The first-order valence-electron chi connectivity index (χ1n) is 8.69. The molecule has 5 heteroatoms. The van der Waals surface area contributed by atoms with E-state index in [9.17, 15) is 9.18 Å². The second-order valence-corrected chi connectivity index (χ2v) is 6.62. The van der Waals surface area contributed by atoms with Crippen LogP contribution in [0.2, 0.25) is 5.02 Å². The fourth-order valence-corrected chi connectivity index (χ4v) is 3.20. The maximum atomic E-state index is 14.0. The Morgan fingerprint density at radius 1 is 0.964 bits per heavy atom. The van der Waals surface area contributed by atoms with Crippen molar-refractivity contribution in [2.75, 3.05) is 0 Å². The Bertz CT molecular complexity index is 1140. The number of benzene rings is 3. The molecule has 0 saturated heterocycles. The van der Waals surface area contributed by atoms with Gasteiger partial charge in [0, 0.05) is 16.5 Å². The molecule has 0 spiro atoms. The van der Waals surface area contributed by atoms with E-state index in [0.717, 1.165) is 5.56 Å². The fourth-order valence-electron chi connectivity index (χ4n) is 2.99. The van der Waals surface area contributed by atoms with Gasteiger partial charge in [-0.2, -0.15) is 0 Å². The second-order valence-electron chi connectivity index (χ2n) is 6.21. The summed E-state index contributed by atoms with van der Waals surface area (Å²) in [4.78, 5) is 17.5. The fraction of sp³-hybridized carbons (Fsp3) is 0.0435. The molecule has 0 aliphatic heterocycles. The smallest absolute Gasteiger partial charge is 0.339 e. The molecule has 3 nitrogen and oxygen atoms in total. The normalized spacial score (nSPS) is 10.8. The lowest BCUT2D eigenvalue weighted by Gasteiger charge is -2.11. The highest BCUT2D eigenvalue weighted by molar-refractivity contribution is 6.31. The Labute approximate surface area is 166 Å². The number of para-hydroxylation sites is 1. The number of carbonyl (C=O) groups excluding carboxylic acids is 1. The molecule has 1 aromatic heterocycles. The van der Waals surface area contributed by atoms with Crippen LogP contribution in [0.25, 0.3) is 22.2 Å². The number of pyridine rings is 1. The lowest BCUT2D eigenvalue weighted by Crippen LogP contribution is -2.08. The highest BCUT2D eigenvalue weighted by atomic mass is 35.5. The number of aromatic nitrogens is 1. The molecular weight excluding hydrogens is 377 g/mol. The summed E-state index contributed by atoms with van der Waals surface area (Å²) in [5, 5.41) is 0.893. The van der Waals surface area contributed by atoms with Crippen molar-refractivity contribution in [3.63, 3.8) is 0 Å². The van der Waals surface area contributed by atoms with E-state index in [0.29, 0.717) is 22.2 Å². The summed E-state index contributed by atoms with van der Waals surface area (Å²) in [7, 11) is 0. The van der Waals surface area contributed by atoms with Crippen molar-refractivity contribution in [1.82, 2.24) is 4.98 Å². The van der Waals surface area contributed by atoms with Crippen molar-refractivity contribution >= 4 is 28.5 Å². The molecule has 0 saturated carbocycles. The Balaban J connectivity index is 1.71. The third-order valence-corrected chi connectivity index (χ3v) is 4.77. The van der Waals surface area contributed by atoms with Gasteiger partial charge in [0.05, 0.1) is 21.8 Å². The first kappa shape index (κ1) is 18.1. The predicted molar refractivity (Wildman–Crippen MR) is 108 cm³/mol. The molecular formula is C23H15ClFNO2. The van der Waals surface area contributed by atoms with Gasteiger partial charge in [0.15, 0.2) is 0 Å². The number of halogens is 2. The highest BCUT2D eigenvalue weighted by Gasteiger charge is 2.17. The van der Waals surface area contributed by atoms with Gasteiger partial charge in [-0.05, 0) is 24.3 Å². The summed E-state index contributed by atoms with van der Waals surface area (Å²) in [6.45, 7) is -0.248. The van der Waals surface area contributed by atoms with Gasteiger partial charge < -0.3 is 4.74 Å². The van der Waals surface area contributed by atoms with Crippen LogP contribution < -0.4 is 0 Å². The zero-order valence-electron chi connectivity index (χ0n) is 14.7. The minimum absolute atomic E-state index is 0.152. The number of carbonyl (C=O) groups is 1. The summed E-state index contributed by atoms with van der Waals surface area (Å²) in [6.07, 6.45) is 0. The molecule has 4 aromatic rings. The van der Waals surface area contributed by atoms with E-state index in [-0.39, 0.29) is 17.2 Å². The van der Waals surface area contributed by atoms with E-state index < -0.39 is 11.8 Å². The van der Waals surface area contributed by atoms with Crippen LogP contribution in [0.5, 0.6) is 0 Å². The van der Waals surface area contributed by atoms with Crippen LogP contribution in [0, 0.1) is 5.82 Å². The minimum atomic E-state index is -0.560. The summed E-state index contributed by atoms with van der Waals surface area (Å²) in [5.74, 6) is -1.07. The van der Waals surface area contributed by atoms with Crippen LogP contribution in [0.15, 0.2) is 78.9 Å². The van der Waals surface area contributed by atoms with Crippen molar-refractivity contribution in [2.24, 2.45) is 0 Å². The molecule has 0 atom stereocenters. The molecule has 0 fully saturated rings. The second kappa shape index (κ2) is 7.79. The quantitative estimate of drug-likeness (QED) is 0.397. The van der Waals surface area contributed by atoms with Gasteiger partial charge >= 0.3 is 5.97 Å². The van der Waals surface area contributed by atoms with Gasteiger partial charge in [0.1, 0.15) is 12.4 Å². The Kier molecular flexibility index (Phi) is 5.04. The molecule has 0 amide bonds. The molecule has 0 radical (unpaired) electrons. The standard InChI is InChI=1S/C23H15ClFNO2/c24-19-10-6-11-20(25)18(19)14-28-23(27)17-13-22(15-7-2-1-3-8-15)26-21-12-5-4-9-16(17)21/h1-13H,14H2. The summed E-state index contributed by atoms with van der Waals surface area (Å²) < 4.78 is 19.3. The van der Waals surface area contributed by atoms with E-state index >= 15 is 0 Å². The van der Waals surface area contributed by atoms with Crippen LogP contribution in [0.4, 0.5) is 4.39 Å². The van der Waals surface area contributed by atoms with Gasteiger partial charge in [-0.25, -0.2) is 14.2 Å². The molecule has 4 rings (SSSR count). The summed E-state index contributed by atoms with van der Waals surface area (Å²) >= 11 is 6.02. The average molecular weight is 392 g/mol. The van der Waals surface area contributed by atoms with Gasteiger partial charge in [-0.1, -0.05) is 66.2 Å². The average Bonchev–Trinajstić information content (AvgIpc) is 2.73. The Hall–Kier alpha value is -3.24. The highest BCUT2D eigenvalue weighted by Crippen LogP contribution is 2.26. The molecule has 0 unspecified atom stereocenters. The lowest BCUT2D eigenvalue weighted by molar-refractivity contribution is 0.0471. The van der Waals surface area contributed by atoms with Crippen molar-refractivity contribution in [3.8, 4) is 11.3 Å². The van der Waals surface area contributed by atoms with Gasteiger partial charge in [-0.3, -0.25) is 0 Å². The Morgan fingerprint density at radius 2 is 1.71 bits per heavy atom. The maximum absolute atomic E-state index is 14.0. The van der Waals surface area contributed by atoms with Crippen LogP contribution in [0.3, 0.4) is 0 Å². The molecule has 3 aromatic carbocycles. The SMILES string of the molecule is O=C(OCc1c(F)cccc1Cl)c1cc(-c2ccccc2)nc2ccccc12. The van der Waals surface area contributed by atoms with E-state index in [4.69, 9.17) is 16.3 Å². The predicted octanol–water partition coefficient (Wildman–Crippen LogP) is 6.05. The largest absolute Gasteiger partial charge is 0.457 e. The lowest BCUT2D eigenvalue weighted by atomic mass is 10.0. The number of fused-ring (bicyclic) bond motifs is 1. The number of hydrogen-bond donors (Lipinski definition) is 0. The first-order chi connectivity index (χ1) is 13.6. The van der Waals surface area contributed by atoms with Crippen LogP contribution in [-0.4, -0.2) is 11.0 Å². The number of esters is 1. The van der Waals surface area contributed by atoms with Crippen LogP contribution in [-0.2, 0) is 11.3 Å². The zero-order chi connectivity index (χ0) is 19.5. The summed E-state index contributed by atoms with van der Waals surface area (Å²) in [5.41, 5.74) is 2.76. The molecule has 0 aliphatic rings. The first-order valence-corrected chi connectivity index (χ1v) is 9.06. The van der Waals surface area contributed by atoms with Gasteiger partial charge in [0.2, 0.25) is 0 Å². The van der Waals surface area contributed by atoms with E-state index in [1.807, 2.05) is 54.6 Å². The van der Waals surface area contributed by atoms with Crippen LogP contribution in [0.1, 0.15) is 15.9 Å². The van der Waals surface area contributed by atoms with E-state index in [1.54, 1.807) is 12.1 Å². The zero-order valence-corrected chi connectivity index (χ0v) is 15.5.